The number of rotatable bonds is 8. The zero-order valence-corrected chi connectivity index (χ0v) is 18.6. The van der Waals surface area contributed by atoms with Crippen molar-refractivity contribution >= 4 is 32.4 Å². The van der Waals surface area contributed by atoms with Gasteiger partial charge in [-0.3, -0.25) is 18.2 Å². The molecule has 0 amide bonds. The molecule has 2 aliphatic rings. The van der Waals surface area contributed by atoms with Gasteiger partial charge in [-0.05, 0) is 6.42 Å². The summed E-state index contributed by atoms with van der Waals surface area (Å²) in [5.41, 5.74) is 5.84. The Morgan fingerprint density at radius 3 is 2.55 bits per heavy atom. The van der Waals surface area contributed by atoms with Crippen molar-refractivity contribution in [1.82, 2.24) is 19.5 Å². The number of fused-ring (bicyclic) bond motifs is 1. The van der Waals surface area contributed by atoms with Gasteiger partial charge in [-0.2, -0.15) is 0 Å². The topological polar surface area (TPSA) is 190 Å². The number of ether oxygens (including phenoxy) is 2. The van der Waals surface area contributed by atoms with Gasteiger partial charge < -0.3 is 29.5 Å². The molecule has 14 nitrogen and oxygen atoms in total. The zero-order chi connectivity index (χ0) is 22.6. The molecule has 8 atom stereocenters. The smallest absolute Gasteiger partial charge is 0.382 e. The number of methoxy groups -OCH3 is 1. The molecule has 2 aromatic rings. The third kappa shape index (κ3) is 4.04. The molecule has 1 aliphatic heterocycles. The van der Waals surface area contributed by atoms with Crippen LogP contribution < -0.4 is 5.73 Å². The van der Waals surface area contributed by atoms with Crippen LogP contribution in [-0.2, 0) is 32.2 Å². The van der Waals surface area contributed by atoms with Crippen LogP contribution in [0.3, 0.4) is 0 Å². The number of anilines is 1. The Kier molecular flexibility index (Phi) is 5.97. The molecule has 31 heavy (non-hydrogen) atoms. The maximum atomic E-state index is 12.3. The number of imidazole rings is 1. The summed E-state index contributed by atoms with van der Waals surface area (Å²) in [5.74, 6) is -0.308. The van der Waals surface area contributed by atoms with Gasteiger partial charge in [-0.25, -0.2) is 19.5 Å². The van der Waals surface area contributed by atoms with E-state index in [1.807, 2.05) is 0 Å². The van der Waals surface area contributed by atoms with E-state index in [2.05, 4.69) is 19.5 Å². The van der Waals surface area contributed by atoms with Gasteiger partial charge >= 0.3 is 15.4 Å². The van der Waals surface area contributed by atoms with Crippen molar-refractivity contribution in [2.45, 2.75) is 36.6 Å². The Labute approximate surface area is 176 Å². The molecule has 1 saturated heterocycles. The second kappa shape index (κ2) is 8.14. The second-order valence-electron chi connectivity index (χ2n) is 7.21. The zero-order valence-electron chi connectivity index (χ0n) is 16.8. The first-order valence-electron chi connectivity index (χ1n) is 9.20. The SMILES string of the molecule is COC1C(OP(=O)(O)OC)[C@@H](C2CC2P(=O)(O)OC)O[C@H]1n1cnc2c(N)ncnc21. The fraction of sp³-hybridized carbons (Fsp3) is 0.667. The summed E-state index contributed by atoms with van der Waals surface area (Å²) in [7, 11) is -4.76. The monoisotopic (exact) mass is 479 g/mol. The number of nitrogen functional groups attached to an aromatic ring is 1. The first kappa shape index (κ1) is 22.7. The van der Waals surface area contributed by atoms with Crippen LogP contribution in [-0.4, -0.2) is 74.6 Å². The van der Waals surface area contributed by atoms with Crippen molar-refractivity contribution in [1.29, 1.82) is 0 Å². The van der Waals surface area contributed by atoms with E-state index >= 15 is 0 Å². The summed E-state index contributed by atoms with van der Waals surface area (Å²) < 4.78 is 52.4. The van der Waals surface area contributed by atoms with Gasteiger partial charge in [0.25, 0.3) is 0 Å². The highest BCUT2D eigenvalue weighted by Gasteiger charge is 2.62. The highest BCUT2D eigenvalue weighted by Crippen LogP contribution is 2.65. The number of phosphoric ester groups is 1. The van der Waals surface area contributed by atoms with Gasteiger partial charge in [-0.15, -0.1) is 0 Å². The quantitative estimate of drug-likeness (QED) is 0.448. The van der Waals surface area contributed by atoms with E-state index in [1.165, 1.54) is 19.8 Å². The van der Waals surface area contributed by atoms with Crippen LogP contribution in [0.1, 0.15) is 12.6 Å². The molecule has 1 aliphatic carbocycles. The Morgan fingerprint density at radius 1 is 1.16 bits per heavy atom. The van der Waals surface area contributed by atoms with Crippen molar-refractivity contribution in [3.05, 3.63) is 12.7 Å². The average molecular weight is 479 g/mol. The van der Waals surface area contributed by atoms with Crippen LogP contribution >= 0.6 is 15.4 Å². The summed E-state index contributed by atoms with van der Waals surface area (Å²) in [4.78, 5) is 32.2. The van der Waals surface area contributed by atoms with E-state index in [9.17, 15) is 18.9 Å². The van der Waals surface area contributed by atoms with Crippen LogP contribution in [0.4, 0.5) is 5.82 Å². The van der Waals surface area contributed by atoms with Crippen molar-refractivity contribution in [3.63, 3.8) is 0 Å². The number of hydrogen-bond acceptors (Lipinski definition) is 11. The van der Waals surface area contributed by atoms with Gasteiger partial charge in [0.05, 0.1) is 18.1 Å². The lowest BCUT2D eigenvalue weighted by atomic mass is 10.1. The van der Waals surface area contributed by atoms with Gasteiger partial charge in [0.1, 0.15) is 24.1 Å². The van der Waals surface area contributed by atoms with Crippen LogP contribution in [0.5, 0.6) is 0 Å². The first-order chi connectivity index (χ1) is 14.6. The van der Waals surface area contributed by atoms with Crippen LogP contribution in [0.15, 0.2) is 12.7 Å². The largest absolute Gasteiger partial charge is 0.472 e. The van der Waals surface area contributed by atoms with Crippen molar-refractivity contribution in [2.24, 2.45) is 5.92 Å². The van der Waals surface area contributed by atoms with Crippen LogP contribution in [0.25, 0.3) is 11.2 Å². The van der Waals surface area contributed by atoms with E-state index in [0.29, 0.717) is 17.6 Å². The lowest BCUT2D eigenvalue weighted by Gasteiger charge is -2.25. The van der Waals surface area contributed by atoms with Gasteiger partial charge in [0.2, 0.25) is 0 Å². The van der Waals surface area contributed by atoms with Gasteiger partial charge in [0, 0.05) is 27.2 Å². The first-order valence-corrected chi connectivity index (χ1v) is 12.3. The lowest BCUT2D eigenvalue weighted by molar-refractivity contribution is -0.0527. The fourth-order valence-corrected chi connectivity index (χ4v) is 5.99. The second-order valence-corrected chi connectivity index (χ2v) is 10.9. The van der Waals surface area contributed by atoms with E-state index < -0.39 is 51.5 Å². The Hall–Kier alpha value is -1.47. The Morgan fingerprint density at radius 2 is 1.90 bits per heavy atom. The number of hydrogen-bond donors (Lipinski definition) is 3. The Balaban J connectivity index is 1.71. The normalized spacial score (nSPS) is 34.5. The molecular weight excluding hydrogens is 456 g/mol. The van der Waals surface area contributed by atoms with E-state index in [0.717, 1.165) is 14.2 Å². The molecule has 0 bridgehead atoms. The molecule has 6 unspecified atom stereocenters. The molecule has 2 aromatic heterocycles. The number of nitrogens with two attached hydrogens (primary N) is 1. The predicted molar refractivity (Wildman–Crippen MR) is 105 cm³/mol. The maximum absolute atomic E-state index is 12.3. The highest BCUT2D eigenvalue weighted by atomic mass is 31.2. The predicted octanol–water partition coefficient (Wildman–Crippen LogP) is 0.673. The molecular formula is C15H23N5O9P2. The molecule has 2 fully saturated rings. The minimum atomic E-state index is -4.44. The summed E-state index contributed by atoms with van der Waals surface area (Å²) in [6, 6.07) is 0. The molecule has 0 spiro atoms. The summed E-state index contributed by atoms with van der Waals surface area (Å²) >= 11 is 0. The van der Waals surface area contributed by atoms with Gasteiger partial charge in [-0.1, -0.05) is 0 Å². The lowest BCUT2D eigenvalue weighted by Crippen LogP contribution is -2.36. The maximum Gasteiger partial charge on any atom is 0.472 e. The molecule has 0 aromatic carbocycles. The van der Waals surface area contributed by atoms with Crippen LogP contribution in [0.2, 0.25) is 0 Å². The van der Waals surface area contributed by atoms with E-state index in [1.54, 1.807) is 4.57 Å². The average Bonchev–Trinajstić information content (AvgIpc) is 3.31. The molecule has 1 saturated carbocycles. The fourth-order valence-electron chi connectivity index (χ4n) is 3.92. The molecule has 4 N–H and O–H groups in total. The number of phosphoric acid groups is 1. The van der Waals surface area contributed by atoms with Crippen molar-refractivity contribution in [2.75, 3.05) is 27.1 Å². The Bertz CT molecular complexity index is 1070. The molecule has 3 heterocycles. The third-order valence-corrected chi connectivity index (χ3v) is 8.48. The molecule has 16 heteroatoms. The van der Waals surface area contributed by atoms with Crippen molar-refractivity contribution < 1.29 is 42.0 Å². The minimum Gasteiger partial charge on any atom is -0.382 e. The van der Waals surface area contributed by atoms with E-state index in [-0.39, 0.29) is 5.82 Å². The number of nitrogens with zero attached hydrogens (tertiary/aromatic N) is 4. The van der Waals surface area contributed by atoms with Gasteiger partial charge in [0.15, 0.2) is 17.7 Å². The van der Waals surface area contributed by atoms with Crippen LogP contribution in [0, 0.1) is 5.92 Å². The standard InChI is InChI=1S/C15H23N5O9P2/c1-25-12-11(29-31(23,24)27-3)10(7-4-8(7)30(21,22)26-2)28-15(12)20-6-19-9-13(16)17-5-18-14(9)20/h5-8,10-12,15H,4H2,1-3H3,(H,21,22)(H,23,24)(H2,16,17,18)/t7?,8?,10-,11?,12?,15-/m1/s1. The van der Waals surface area contributed by atoms with E-state index in [4.69, 9.17) is 24.3 Å². The molecule has 0 radical (unpaired) electrons. The highest BCUT2D eigenvalue weighted by molar-refractivity contribution is 7.54. The van der Waals surface area contributed by atoms with Crippen molar-refractivity contribution in [3.8, 4) is 0 Å². The third-order valence-electron chi connectivity index (χ3n) is 5.55. The summed E-state index contributed by atoms with van der Waals surface area (Å²) in [6.07, 6.45) is -0.775. The summed E-state index contributed by atoms with van der Waals surface area (Å²) in [5, 5.41) is 0. The number of aromatic nitrogens is 4. The minimum absolute atomic E-state index is 0.169. The molecule has 4 rings (SSSR count). The molecule has 172 valence electrons. The summed E-state index contributed by atoms with van der Waals surface area (Å²) in [6.45, 7) is 0.